The van der Waals surface area contributed by atoms with Gasteiger partial charge in [0.1, 0.15) is 0 Å². The maximum absolute atomic E-state index is 10.7. The zero-order valence-electron chi connectivity index (χ0n) is 7.07. The number of fused-ring (bicyclic) bond motifs is 1. The fourth-order valence-electron chi connectivity index (χ4n) is 1.37. The van der Waals surface area contributed by atoms with Crippen molar-refractivity contribution in [2.45, 2.75) is 11.1 Å². The summed E-state index contributed by atoms with van der Waals surface area (Å²) in [7, 11) is 0. The third-order valence-corrected chi connectivity index (χ3v) is 3.50. The Morgan fingerprint density at radius 3 is 2.92 bits per heavy atom. The molecule has 13 heavy (non-hydrogen) atoms. The van der Waals surface area contributed by atoms with Gasteiger partial charge in [-0.3, -0.25) is 4.79 Å². The van der Waals surface area contributed by atoms with E-state index >= 15 is 0 Å². The number of rotatable bonds is 1. The Kier molecular flexibility index (Phi) is 2.14. The van der Waals surface area contributed by atoms with E-state index in [2.05, 4.69) is 12.6 Å². The van der Waals surface area contributed by atoms with Gasteiger partial charge in [0, 0.05) is 15.6 Å². The van der Waals surface area contributed by atoms with Crippen LogP contribution in [0, 0.1) is 6.92 Å². The third kappa shape index (κ3) is 1.38. The molecule has 0 atom stereocenters. The molecule has 0 spiro atoms. The second kappa shape index (κ2) is 3.16. The summed E-state index contributed by atoms with van der Waals surface area (Å²) in [5, 5.41) is 1.02. The Hall–Kier alpha value is -0.800. The van der Waals surface area contributed by atoms with Gasteiger partial charge in [0.05, 0.1) is 4.21 Å². The van der Waals surface area contributed by atoms with Crippen LogP contribution < -0.4 is 0 Å². The molecule has 0 aliphatic carbocycles. The lowest BCUT2D eigenvalue weighted by Gasteiger charge is -1.96. The minimum Gasteiger partial charge on any atom is -0.298 e. The van der Waals surface area contributed by atoms with Crippen LogP contribution in [-0.4, -0.2) is 6.29 Å². The smallest absolute Gasteiger partial charge is 0.150 e. The average molecular weight is 208 g/mol. The van der Waals surface area contributed by atoms with Crippen LogP contribution in [0.4, 0.5) is 0 Å². The first-order chi connectivity index (χ1) is 6.22. The number of carbonyl (C=O) groups excluding carboxylic acids is 1. The molecule has 0 bridgehead atoms. The second-order valence-corrected chi connectivity index (χ2v) is 4.75. The lowest BCUT2D eigenvalue weighted by Crippen LogP contribution is -1.81. The first-order valence-electron chi connectivity index (χ1n) is 3.89. The van der Waals surface area contributed by atoms with Gasteiger partial charge in [-0.15, -0.1) is 24.0 Å². The van der Waals surface area contributed by atoms with Crippen molar-refractivity contribution in [1.29, 1.82) is 0 Å². The van der Waals surface area contributed by atoms with E-state index in [9.17, 15) is 4.79 Å². The molecule has 3 heteroatoms. The van der Waals surface area contributed by atoms with Gasteiger partial charge in [0.2, 0.25) is 0 Å². The number of thiophene rings is 1. The average Bonchev–Trinajstić information content (AvgIpc) is 2.48. The molecule has 0 aliphatic heterocycles. The number of hydrogen-bond donors (Lipinski definition) is 1. The molecule has 0 fully saturated rings. The molecule has 2 aromatic rings. The van der Waals surface area contributed by atoms with E-state index < -0.39 is 0 Å². The van der Waals surface area contributed by atoms with E-state index in [0.717, 1.165) is 26.1 Å². The summed E-state index contributed by atoms with van der Waals surface area (Å²) < 4.78 is 2.11. The van der Waals surface area contributed by atoms with Gasteiger partial charge in [0.25, 0.3) is 0 Å². The van der Waals surface area contributed by atoms with Crippen LogP contribution in [-0.2, 0) is 0 Å². The summed E-state index contributed by atoms with van der Waals surface area (Å²) in [6, 6.07) is 5.76. The van der Waals surface area contributed by atoms with Crippen LogP contribution in [0.25, 0.3) is 10.1 Å². The molecule has 1 heterocycles. The zero-order chi connectivity index (χ0) is 9.42. The van der Waals surface area contributed by atoms with E-state index in [1.807, 2.05) is 25.1 Å². The second-order valence-electron chi connectivity index (χ2n) is 2.92. The summed E-state index contributed by atoms with van der Waals surface area (Å²) in [5.74, 6) is 0. The summed E-state index contributed by atoms with van der Waals surface area (Å²) in [6.45, 7) is 2.04. The van der Waals surface area contributed by atoms with Crippen molar-refractivity contribution >= 4 is 40.3 Å². The van der Waals surface area contributed by atoms with Crippen LogP contribution in [0.15, 0.2) is 22.4 Å². The monoisotopic (exact) mass is 208 g/mol. The van der Waals surface area contributed by atoms with E-state index in [-0.39, 0.29) is 0 Å². The minimum absolute atomic E-state index is 0.747. The first-order valence-corrected chi connectivity index (χ1v) is 5.16. The van der Waals surface area contributed by atoms with E-state index in [4.69, 9.17) is 0 Å². The van der Waals surface area contributed by atoms with E-state index in [0.29, 0.717) is 0 Å². The van der Waals surface area contributed by atoms with Gasteiger partial charge in [0.15, 0.2) is 6.29 Å². The molecule has 0 saturated heterocycles. The number of benzene rings is 1. The normalized spacial score (nSPS) is 10.6. The summed E-state index contributed by atoms with van der Waals surface area (Å²) in [5.41, 5.74) is 1.95. The lowest BCUT2D eigenvalue weighted by atomic mass is 10.1. The molecule has 0 unspecified atom stereocenters. The maximum Gasteiger partial charge on any atom is 0.150 e. The van der Waals surface area contributed by atoms with Crippen molar-refractivity contribution < 1.29 is 4.79 Å². The molecule has 0 aliphatic rings. The molecule has 1 aromatic heterocycles. The Bertz CT molecular complexity index is 471. The third-order valence-electron chi connectivity index (χ3n) is 2.03. The number of carbonyl (C=O) groups is 1. The predicted octanol–water partition coefficient (Wildman–Crippen LogP) is 3.31. The minimum atomic E-state index is 0.747. The lowest BCUT2D eigenvalue weighted by molar-refractivity contribution is 0.112. The SMILES string of the molecule is Cc1ccc(C=O)c2cc(S)sc12. The Morgan fingerprint density at radius 1 is 1.46 bits per heavy atom. The van der Waals surface area contributed by atoms with Crippen molar-refractivity contribution in [2.24, 2.45) is 0 Å². The molecule has 2 rings (SSSR count). The number of aryl methyl sites for hydroxylation is 1. The molecule has 1 nitrogen and oxygen atoms in total. The molecule has 1 aromatic carbocycles. The molecular weight excluding hydrogens is 200 g/mol. The van der Waals surface area contributed by atoms with Gasteiger partial charge in [-0.25, -0.2) is 0 Å². The zero-order valence-corrected chi connectivity index (χ0v) is 8.78. The highest BCUT2D eigenvalue weighted by atomic mass is 32.2. The topological polar surface area (TPSA) is 17.1 Å². The van der Waals surface area contributed by atoms with Gasteiger partial charge < -0.3 is 0 Å². The van der Waals surface area contributed by atoms with Crippen molar-refractivity contribution in [3.8, 4) is 0 Å². The molecule has 0 amide bonds. The molecular formula is C10H8OS2. The standard InChI is InChI=1S/C10H8OS2/c1-6-2-3-7(5-11)8-4-9(12)13-10(6)8/h2-5,12H,1H3. The summed E-state index contributed by atoms with van der Waals surface area (Å²) >= 11 is 5.89. The molecule has 0 saturated carbocycles. The van der Waals surface area contributed by atoms with Crippen LogP contribution >= 0.6 is 24.0 Å². The van der Waals surface area contributed by atoms with Crippen molar-refractivity contribution in [3.63, 3.8) is 0 Å². The summed E-state index contributed by atoms with van der Waals surface area (Å²) in [6.07, 6.45) is 0.891. The number of thiol groups is 1. The van der Waals surface area contributed by atoms with Gasteiger partial charge in [-0.05, 0) is 18.6 Å². The van der Waals surface area contributed by atoms with E-state index in [1.165, 1.54) is 5.56 Å². The summed E-state index contributed by atoms with van der Waals surface area (Å²) in [4.78, 5) is 10.7. The Morgan fingerprint density at radius 2 is 2.23 bits per heavy atom. The van der Waals surface area contributed by atoms with Gasteiger partial charge in [-0.1, -0.05) is 12.1 Å². The van der Waals surface area contributed by atoms with Crippen molar-refractivity contribution in [3.05, 3.63) is 29.3 Å². The highest BCUT2D eigenvalue weighted by Gasteiger charge is 2.05. The largest absolute Gasteiger partial charge is 0.298 e. The van der Waals surface area contributed by atoms with Crippen LogP contribution in [0.1, 0.15) is 15.9 Å². The highest BCUT2D eigenvalue weighted by Crippen LogP contribution is 2.32. The van der Waals surface area contributed by atoms with Crippen molar-refractivity contribution in [2.75, 3.05) is 0 Å². The van der Waals surface area contributed by atoms with Gasteiger partial charge in [-0.2, -0.15) is 0 Å². The quantitative estimate of drug-likeness (QED) is 0.562. The van der Waals surface area contributed by atoms with Crippen LogP contribution in [0.3, 0.4) is 0 Å². The molecule has 66 valence electrons. The van der Waals surface area contributed by atoms with Gasteiger partial charge >= 0.3 is 0 Å². The van der Waals surface area contributed by atoms with Crippen molar-refractivity contribution in [1.82, 2.24) is 0 Å². The fourth-order valence-corrected chi connectivity index (χ4v) is 2.67. The first kappa shape index (κ1) is 8.78. The maximum atomic E-state index is 10.7. The highest BCUT2D eigenvalue weighted by molar-refractivity contribution is 7.83. The predicted molar refractivity (Wildman–Crippen MR) is 59.2 cm³/mol. The molecule has 0 N–H and O–H groups in total. The van der Waals surface area contributed by atoms with E-state index in [1.54, 1.807) is 11.3 Å². The Balaban J connectivity index is 2.91. The van der Waals surface area contributed by atoms with Crippen LogP contribution in [0.2, 0.25) is 0 Å². The Labute approximate surface area is 85.8 Å². The molecule has 0 radical (unpaired) electrons. The fraction of sp³-hybridized carbons (Fsp3) is 0.100. The number of aldehydes is 1. The van der Waals surface area contributed by atoms with Crippen LogP contribution in [0.5, 0.6) is 0 Å². The number of hydrogen-bond acceptors (Lipinski definition) is 3.